The van der Waals surface area contributed by atoms with Gasteiger partial charge in [-0.05, 0) is 24.3 Å². The van der Waals surface area contributed by atoms with Crippen LogP contribution >= 0.6 is 22.9 Å². The number of nitrogen functional groups attached to an aromatic ring is 1. The Balaban J connectivity index is 1.90. The lowest BCUT2D eigenvalue weighted by molar-refractivity contribution is -0.182. The number of anilines is 1. The van der Waals surface area contributed by atoms with Gasteiger partial charge >= 0.3 is 0 Å². The molecule has 0 saturated carbocycles. The molecule has 0 spiro atoms. The second-order valence-corrected chi connectivity index (χ2v) is 8.48. The molecule has 1 saturated heterocycles. The Morgan fingerprint density at radius 2 is 2.17 bits per heavy atom. The van der Waals surface area contributed by atoms with Gasteiger partial charge in [-0.25, -0.2) is 15.0 Å². The van der Waals surface area contributed by atoms with E-state index in [0.717, 1.165) is 4.88 Å². The molecule has 29 heavy (non-hydrogen) atoms. The first kappa shape index (κ1) is 20.5. The third-order valence-electron chi connectivity index (χ3n) is 5.59. The van der Waals surface area contributed by atoms with Crippen molar-refractivity contribution in [1.82, 2.24) is 19.5 Å². The SMILES string of the molecule is CCC(Cc1sccc1Cl)[C@@]1(n2cnc3c(N)ncnc32)O[C@H](CO)[C@@H](O)[C@H]1O. The lowest BCUT2D eigenvalue weighted by atomic mass is 9.84. The number of hydrogen-bond donors (Lipinski definition) is 4. The molecule has 1 fully saturated rings. The third-order valence-corrected chi connectivity index (χ3v) is 7.00. The Morgan fingerprint density at radius 1 is 1.38 bits per heavy atom. The van der Waals surface area contributed by atoms with Crippen molar-refractivity contribution in [2.75, 3.05) is 12.3 Å². The monoisotopic (exact) mass is 439 g/mol. The minimum absolute atomic E-state index is 0.199. The molecule has 0 amide bonds. The number of imidazole rings is 1. The maximum atomic E-state index is 11.2. The summed E-state index contributed by atoms with van der Waals surface area (Å²) in [6.45, 7) is 1.52. The summed E-state index contributed by atoms with van der Waals surface area (Å²) in [5.74, 6) is -0.113. The summed E-state index contributed by atoms with van der Waals surface area (Å²) < 4.78 is 7.79. The van der Waals surface area contributed by atoms with Gasteiger partial charge in [-0.3, -0.25) is 4.57 Å². The third kappa shape index (κ3) is 3.11. The van der Waals surface area contributed by atoms with Gasteiger partial charge < -0.3 is 25.8 Å². The molecule has 1 aliphatic rings. The topological polar surface area (TPSA) is 140 Å². The van der Waals surface area contributed by atoms with Crippen LogP contribution in [0.5, 0.6) is 0 Å². The Bertz CT molecular complexity index is 1010. The predicted molar refractivity (Wildman–Crippen MR) is 108 cm³/mol. The molecular formula is C18H22ClN5O4S. The molecule has 4 rings (SSSR count). The molecule has 5 atom stereocenters. The number of nitrogens with two attached hydrogens (primary N) is 1. The summed E-state index contributed by atoms with van der Waals surface area (Å²) >= 11 is 7.83. The molecule has 3 aromatic heterocycles. The van der Waals surface area contributed by atoms with E-state index in [2.05, 4.69) is 15.0 Å². The van der Waals surface area contributed by atoms with Gasteiger partial charge in [0, 0.05) is 10.8 Å². The molecule has 3 aromatic rings. The average Bonchev–Trinajstić information content (AvgIpc) is 3.39. The Labute approximate surface area is 175 Å². The molecule has 0 aliphatic carbocycles. The van der Waals surface area contributed by atoms with Crippen molar-refractivity contribution >= 4 is 39.9 Å². The molecule has 156 valence electrons. The second-order valence-electron chi connectivity index (χ2n) is 7.07. The quantitative estimate of drug-likeness (QED) is 0.448. The Hall–Kier alpha value is -1.82. The lowest BCUT2D eigenvalue weighted by Gasteiger charge is -2.40. The largest absolute Gasteiger partial charge is 0.394 e. The number of nitrogens with zero attached hydrogens (tertiary/aromatic N) is 4. The van der Waals surface area contributed by atoms with Crippen molar-refractivity contribution in [3.05, 3.63) is 34.0 Å². The van der Waals surface area contributed by atoms with Crippen LogP contribution in [0.4, 0.5) is 5.82 Å². The summed E-state index contributed by atoms with van der Waals surface area (Å²) in [5.41, 5.74) is 5.25. The van der Waals surface area contributed by atoms with Crippen LogP contribution in [0.2, 0.25) is 5.02 Å². The van der Waals surface area contributed by atoms with Gasteiger partial charge in [0.25, 0.3) is 0 Å². The minimum Gasteiger partial charge on any atom is -0.394 e. The second kappa shape index (κ2) is 7.78. The fraction of sp³-hybridized carbons (Fsp3) is 0.500. The first-order valence-electron chi connectivity index (χ1n) is 9.24. The Morgan fingerprint density at radius 3 is 2.79 bits per heavy atom. The zero-order valence-electron chi connectivity index (χ0n) is 15.6. The number of aliphatic hydroxyl groups excluding tert-OH is 3. The number of aromatic nitrogens is 4. The number of hydrogen-bond acceptors (Lipinski definition) is 9. The zero-order valence-corrected chi connectivity index (χ0v) is 17.2. The van der Waals surface area contributed by atoms with Gasteiger partial charge in [0.1, 0.15) is 30.2 Å². The molecular weight excluding hydrogens is 418 g/mol. The lowest BCUT2D eigenvalue weighted by Crippen LogP contribution is -2.51. The van der Waals surface area contributed by atoms with Crippen LogP contribution in [0.25, 0.3) is 11.2 Å². The number of ether oxygens (including phenoxy) is 1. The van der Waals surface area contributed by atoms with Crippen LogP contribution < -0.4 is 5.73 Å². The van der Waals surface area contributed by atoms with E-state index in [9.17, 15) is 15.3 Å². The highest BCUT2D eigenvalue weighted by Crippen LogP contribution is 2.46. The van der Waals surface area contributed by atoms with Crippen LogP contribution in [0.1, 0.15) is 18.2 Å². The molecule has 4 heterocycles. The van der Waals surface area contributed by atoms with Crippen molar-refractivity contribution < 1.29 is 20.1 Å². The van der Waals surface area contributed by atoms with Gasteiger partial charge in [0.15, 0.2) is 17.2 Å². The molecule has 0 bridgehead atoms. The molecule has 9 nitrogen and oxygen atoms in total. The van der Waals surface area contributed by atoms with E-state index in [0.29, 0.717) is 29.0 Å². The predicted octanol–water partition coefficient (Wildman–Crippen LogP) is 1.16. The number of halogens is 1. The zero-order chi connectivity index (χ0) is 20.8. The van der Waals surface area contributed by atoms with Crippen LogP contribution in [0.3, 0.4) is 0 Å². The van der Waals surface area contributed by atoms with E-state index in [1.807, 2.05) is 18.4 Å². The fourth-order valence-electron chi connectivity index (χ4n) is 4.10. The average molecular weight is 440 g/mol. The summed E-state index contributed by atoms with van der Waals surface area (Å²) in [5, 5.41) is 34.0. The number of rotatable bonds is 6. The molecule has 11 heteroatoms. The highest BCUT2D eigenvalue weighted by atomic mass is 35.5. The molecule has 1 unspecified atom stereocenters. The standard InChI is InChI=1S/C18H22ClN5O4S/c1-2-9(5-12-10(19)3-4-29-12)18(15(27)14(26)11(6-25)28-18)24-8-23-13-16(20)21-7-22-17(13)24/h3-4,7-9,11,14-15,25-27H,2,5-6H2,1H3,(H2,20,21,22)/t9?,11-,14-,15-,18-/m1/s1. The van der Waals surface area contributed by atoms with Crippen molar-refractivity contribution in [1.29, 1.82) is 0 Å². The summed E-state index contributed by atoms with van der Waals surface area (Å²) in [4.78, 5) is 13.5. The maximum absolute atomic E-state index is 11.2. The van der Waals surface area contributed by atoms with E-state index in [4.69, 9.17) is 22.1 Å². The molecule has 5 N–H and O–H groups in total. The van der Waals surface area contributed by atoms with Gasteiger partial charge in [-0.1, -0.05) is 18.5 Å². The van der Waals surface area contributed by atoms with Crippen LogP contribution in [-0.2, 0) is 16.9 Å². The Kier molecular flexibility index (Phi) is 5.49. The summed E-state index contributed by atoms with van der Waals surface area (Å²) in [6.07, 6.45) is 0.285. The van der Waals surface area contributed by atoms with Gasteiger partial charge in [0.2, 0.25) is 0 Å². The van der Waals surface area contributed by atoms with Crippen molar-refractivity contribution in [2.45, 2.75) is 43.8 Å². The van der Waals surface area contributed by atoms with Crippen LogP contribution in [0, 0.1) is 5.92 Å². The maximum Gasteiger partial charge on any atom is 0.179 e. The summed E-state index contributed by atoms with van der Waals surface area (Å²) in [6, 6.07) is 1.82. The van der Waals surface area contributed by atoms with Crippen LogP contribution in [-0.4, -0.2) is 59.8 Å². The van der Waals surface area contributed by atoms with Crippen molar-refractivity contribution in [3.63, 3.8) is 0 Å². The van der Waals surface area contributed by atoms with Gasteiger partial charge in [-0.15, -0.1) is 11.3 Å². The van der Waals surface area contributed by atoms with Gasteiger partial charge in [0.05, 0.1) is 18.0 Å². The van der Waals surface area contributed by atoms with Crippen molar-refractivity contribution in [2.24, 2.45) is 5.92 Å². The van der Waals surface area contributed by atoms with E-state index in [-0.39, 0.29) is 11.7 Å². The molecule has 1 aliphatic heterocycles. The van der Waals surface area contributed by atoms with E-state index >= 15 is 0 Å². The van der Waals surface area contributed by atoms with E-state index < -0.39 is 30.6 Å². The van der Waals surface area contributed by atoms with E-state index in [1.54, 1.807) is 4.57 Å². The smallest absolute Gasteiger partial charge is 0.179 e. The fourth-order valence-corrected chi connectivity index (χ4v) is 5.29. The molecule has 0 radical (unpaired) electrons. The number of thiophene rings is 1. The van der Waals surface area contributed by atoms with E-state index in [1.165, 1.54) is 24.0 Å². The molecule has 0 aromatic carbocycles. The minimum atomic E-state index is -1.43. The summed E-state index contributed by atoms with van der Waals surface area (Å²) in [7, 11) is 0. The number of aliphatic hydroxyl groups is 3. The van der Waals surface area contributed by atoms with Crippen LogP contribution in [0.15, 0.2) is 24.1 Å². The normalized spacial score (nSPS) is 28.2. The highest BCUT2D eigenvalue weighted by molar-refractivity contribution is 7.10. The number of fused-ring (bicyclic) bond motifs is 1. The highest BCUT2D eigenvalue weighted by Gasteiger charge is 2.59. The first-order chi connectivity index (χ1) is 13.9. The first-order valence-corrected chi connectivity index (χ1v) is 10.5. The van der Waals surface area contributed by atoms with Gasteiger partial charge in [-0.2, -0.15) is 0 Å². The van der Waals surface area contributed by atoms with Crippen molar-refractivity contribution in [3.8, 4) is 0 Å².